The molecule has 172 valence electrons. The number of anilines is 1. The van der Waals surface area contributed by atoms with E-state index in [1.54, 1.807) is 31.2 Å². The predicted octanol–water partition coefficient (Wildman–Crippen LogP) is 3.58. The van der Waals surface area contributed by atoms with E-state index in [9.17, 15) is 27.6 Å². The molecule has 0 saturated heterocycles. The van der Waals surface area contributed by atoms with Crippen molar-refractivity contribution in [3.63, 3.8) is 0 Å². The number of alkyl halides is 3. The average molecular weight is 472 g/mol. The zero-order valence-corrected chi connectivity index (χ0v) is 18.0. The Labute approximate surface area is 187 Å². The summed E-state index contributed by atoms with van der Waals surface area (Å²) in [6, 6.07) is 9.46. The molecule has 0 aromatic heterocycles. The smallest absolute Gasteiger partial charge is 0.417 e. The molecule has 0 heterocycles. The third kappa shape index (κ3) is 6.88. The molecule has 0 aliphatic rings. The molecule has 0 radical (unpaired) electrons. The molecule has 2 aromatic carbocycles. The van der Waals surface area contributed by atoms with E-state index in [-0.39, 0.29) is 17.8 Å². The molecular weight excluding hydrogens is 451 g/mol. The SMILES string of the molecule is CCOc1ccccc1C(=O)NCC(=O)N(C)CC(=O)Nc1ccc(Cl)c(C(F)(F)F)c1. The fourth-order valence-corrected chi connectivity index (χ4v) is 2.87. The minimum atomic E-state index is -4.68. The van der Waals surface area contributed by atoms with Gasteiger partial charge < -0.3 is 20.3 Å². The second kappa shape index (κ2) is 10.9. The van der Waals surface area contributed by atoms with Gasteiger partial charge in [-0.1, -0.05) is 23.7 Å². The van der Waals surface area contributed by atoms with Crippen LogP contribution in [0.1, 0.15) is 22.8 Å². The van der Waals surface area contributed by atoms with Crippen molar-refractivity contribution < 1.29 is 32.3 Å². The van der Waals surface area contributed by atoms with Gasteiger partial charge in [0.1, 0.15) is 5.75 Å². The molecule has 0 saturated carbocycles. The number of halogens is 4. The lowest BCUT2D eigenvalue weighted by atomic mass is 10.2. The van der Waals surface area contributed by atoms with Crippen molar-refractivity contribution in [3.8, 4) is 5.75 Å². The second-order valence-electron chi connectivity index (χ2n) is 6.60. The maximum Gasteiger partial charge on any atom is 0.417 e. The Balaban J connectivity index is 1.91. The number of likely N-dealkylation sites (N-methyl/N-ethyl adjacent to an activating group) is 1. The van der Waals surface area contributed by atoms with Gasteiger partial charge in [0.05, 0.1) is 35.8 Å². The molecule has 0 bridgehead atoms. The molecule has 0 unspecified atom stereocenters. The summed E-state index contributed by atoms with van der Waals surface area (Å²) in [5.74, 6) is -1.45. The minimum Gasteiger partial charge on any atom is -0.493 e. The van der Waals surface area contributed by atoms with E-state index in [4.69, 9.17) is 16.3 Å². The van der Waals surface area contributed by atoms with Crippen LogP contribution in [0, 0.1) is 0 Å². The van der Waals surface area contributed by atoms with Gasteiger partial charge in [-0.15, -0.1) is 0 Å². The van der Waals surface area contributed by atoms with Gasteiger partial charge in [0.2, 0.25) is 11.8 Å². The minimum absolute atomic E-state index is 0.117. The van der Waals surface area contributed by atoms with Crippen molar-refractivity contribution in [2.45, 2.75) is 13.1 Å². The first kappa shape index (κ1) is 25.0. The summed E-state index contributed by atoms with van der Waals surface area (Å²) in [6.45, 7) is 1.31. The Bertz CT molecular complexity index is 998. The van der Waals surface area contributed by atoms with Crippen molar-refractivity contribution in [2.24, 2.45) is 0 Å². The van der Waals surface area contributed by atoms with Crippen LogP contribution in [0.2, 0.25) is 5.02 Å². The summed E-state index contributed by atoms with van der Waals surface area (Å²) in [4.78, 5) is 37.7. The van der Waals surface area contributed by atoms with Gasteiger partial charge in [-0.25, -0.2) is 0 Å². The molecule has 0 aliphatic carbocycles. The van der Waals surface area contributed by atoms with Gasteiger partial charge in [-0.2, -0.15) is 13.2 Å². The van der Waals surface area contributed by atoms with E-state index in [1.165, 1.54) is 13.1 Å². The summed E-state index contributed by atoms with van der Waals surface area (Å²) in [6.07, 6.45) is -4.68. The Hall–Kier alpha value is -3.27. The maximum atomic E-state index is 12.9. The largest absolute Gasteiger partial charge is 0.493 e. The number of benzene rings is 2. The van der Waals surface area contributed by atoms with E-state index in [0.29, 0.717) is 18.4 Å². The molecule has 0 fully saturated rings. The van der Waals surface area contributed by atoms with Crippen molar-refractivity contribution in [1.82, 2.24) is 10.2 Å². The van der Waals surface area contributed by atoms with Crippen molar-refractivity contribution in [2.75, 3.05) is 32.1 Å². The fourth-order valence-electron chi connectivity index (χ4n) is 2.65. The lowest BCUT2D eigenvalue weighted by Crippen LogP contribution is -2.41. The Kier molecular flexibility index (Phi) is 8.48. The number of carbonyl (C=O) groups excluding carboxylic acids is 3. The average Bonchev–Trinajstić information content (AvgIpc) is 2.72. The molecule has 3 amide bonds. The zero-order valence-electron chi connectivity index (χ0n) is 17.3. The van der Waals surface area contributed by atoms with Crippen molar-refractivity contribution >= 4 is 35.0 Å². The third-order valence-electron chi connectivity index (χ3n) is 4.19. The topological polar surface area (TPSA) is 87.7 Å². The highest BCUT2D eigenvalue weighted by atomic mass is 35.5. The van der Waals surface area contributed by atoms with Crippen LogP contribution in [0.3, 0.4) is 0 Å². The summed E-state index contributed by atoms with van der Waals surface area (Å²) in [5.41, 5.74) is -0.949. The summed E-state index contributed by atoms with van der Waals surface area (Å²) in [5, 5.41) is 4.24. The van der Waals surface area contributed by atoms with Crippen LogP contribution in [0.25, 0.3) is 0 Å². The zero-order chi connectivity index (χ0) is 23.9. The quantitative estimate of drug-likeness (QED) is 0.616. The van der Waals surface area contributed by atoms with Crippen LogP contribution >= 0.6 is 11.6 Å². The van der Waals surface area contributed by atoms with Gasteiger partial charge >= 0.3 is 6.18 Å². The molecule has 2 rings (SSSR count). The fraction of sp³-hybridized carbons (Fsp3) is 0.286. The van der Waals surface area contributed by atoms with E-state index >= 15 is 0 Å². The molecule has 11 heteroatoms. The predicted molar refractivity (Wildman–Crippen MR) is 113 cm³/mol. The number of amides is 3. The number of hydrogen-bond donors (Lipinski definition) is 2. The van der Waals surface area contributed by atoms with Crippen LogP contribution in [0.4, 0.5) is 18.9 Å². The molecule has 2 aromatic rings. The van der Waals surface area contributed by atoms with Crippen LogP contribution in [-0.4, -0.2) is 49.4 Å². The first-order valence-corrected chi connectivity index (χ1v) is 9.81. The van der Waals surface area contributed by atoms with Gasteiger partial charge in [-0.3, -0.25) is 14.4 Å². The summed E-state index contributed by atoms with van der Waals surface area (Å²) in [7, 11) is 1.32. The number of para-hydroxylation sites is 1. The van der Waals surface area contributed by atoms with Gasteiger partial charge in [0.25, 0.3) is 5.91 Å². The highest BCUT2D eigenvalue weighted by molar-refractivity contribution is 6.31. The third-order valence-corrected chi connectivity index (χ3v) is 4.52. The van der Waals surface area contributed by atoms with Gasteiger partial charge in [0, 0.05) is 12.7 Å². The Morgan fingerprint density at radius 3 is 2.47 bits per heavy atom. The lowest BCUT2D eigenvalue weighted by Gasteiger charge is -2.18. The molecule has 0 atom stereocenters. The molecule has 7 nitrogen and oxygen atoms in total. The van der Waals surface area contributed by atoms with Crippen LogP contribution in [-0.2, 0) is 15.8 Å². The highest BCUT2D eigenvalue weighted by Gasteiger charge is 2.33. The van der Waals surface area contributed by atoms with Gasteiger partial charge in [-0.05, 0) is 37.3 Å². The maximum absolute atomic E-state index is 12.9. The molecule has 2 N–H and O–H groups in total. The number of nitrogens with zero attached hydrogens (tertiary/aromatic N) is 1. The van der Waals surface area contributed by atoms with Crippen molar-refractivity contribution in [3.05, 3.63) is 58.6 Å². The van der Waals surface area contributed by atoms with E-state index in [2.05, 4.69) is 10.6 Å². The Morgan fingerprint density at radius 2 is 1.81 bits per heavy atom. The number of rotatable bonds is 8. The number of carbonyl (C=O) groups is 3. The summed E-state index contributed by atoms with van der Waals surface area (Å²) >= 11 is 5.55. The monoisotopic (exact) mass is 471 g/mol. The van der Waals surface area contributed by atoms with E-state index in [1.807, 2.05) is 0 Å². The van der Waals surface area contributed by atoms with Crippen LogP contribution in [0.5, 0.6) is 5.75 Å². The standard InChI is InChI=1S/C21H21ClF3N3O4/c1-3-32-17-7-5-4-6-14(17)20(31)26-11-19(30)28(2)12-18(29)27-13-8-9-16(22)15(10-13)21(23,24)25/h4-10H,3,11-12H2,1-2H3,(H,26,31)(H,27,29). The first-order valence-electron chi connectivity index (χ1n) is 9.43. The van der Waals surface area contributed by atoms with Crippen molar-refractivity contribution in [1.29, 1.82) is 0 Å². The number of nitrogens with one attached hydrogen (secondary N) is 2. The van der Waals surface area contributed by atoms with Crippen LogP contribution in [0.15, 0.2) is 42.5 Å². The lowest BCUT2D eigenvalue weighted by molar-refractivity contribution is -0.137. The highest BCUT2D eigenvalue weighted by Crippen LogP contribution is 2.36. The van der Waals surface area contributed by atoms with E-state index < -0.39 is 41.0 Å². The molecule has 0 spiro atoms. The molecule has 32 heavy (non-hydrogen) atoms. The number of ether oxygens (including phenoxy) is 1. The van der Waals surface area contributed by atoms with E-state index in [0.717, 1.165) is 11.0 Å². The van der Waals surface area contributed by atoms with Crippen LogP contribution < -0.4 is 15.4 Å². The second-order valence-corrected chi connectivity index (χ2v) is 7.01. The Morgan fingerprint density at radius 1 is 1.12 bits per heavy atom. The number of hydrogen-bond acceptors (Lipinski definition) is 4. The van der Waals surface area contributed by atoms with Gasteiger partial charge in [0.15, 0.2) is 0 Å². The summed E-state index contributed by atoms with van der Waals surface area (Å²) < 4.78 is 44.2. The molecular formula is C21H21ClF3N3O4. The normalized spacial score (nSPS) is 10.9. The molecule has 0 aliphatic heterocycles. The first-order chi connectivity index (χ1) is 15.0.